The van der Waals surface area contributed by atoms with Crippen LogP contribution in [0.15, 0.2) is 0 Å². The van der Waals surface area contributed by atoms with Gasteiger partial charge in [-0.25, -0.2) is 0 Å². The van der Waals surface area contributed by atoms with Crippen LogP contribution in [0.3, 0.4) is 0 Å². The second kappa shape index (κ2) is 8.05. The first-order valence-electron chi connectivity index (χ1n) is 4.35. The monoisotopic (exact) mass is 406 g/mol. The SMILES string of the molecule is O=S(=O)(O)CCC[Se][Se]CCCS(=O)(=O)O. The number of rotatable bonds is 9. The van der Waals surface area contributed by atoms with Crippen LogP contribution in [0.4, 0.5) is 0 Å². The summed E-state index contributed by atoms with van der Waals surface area (Å²) in [6, 6.07) is 0. The molecule has 0 heterocycles. The molecule has 0 saturated heterocycles. The molecule has 0 atom stereocenters. The van der Waals surface area contributed by atoms with Gasteiger partial charge in [0.1, 0.15) is 0 Å². The van der Waals surface area contributed by atoms with Crippen molar-refractivity contribution in [1.82, 2.24) is 0 Å². The third kappa shape index (κ3) is 14.9. The molecule has 0 aromatic rings. The summed E-state index contributed by atoms with van der Waals surface area (Å²) in [6.07, 6.45) is 0.914. The molecule has 98 valence electrons. The van der Waals surface area contributed by atoms with Gasteiger partial charge in [0.05, 0.1) is 0 Å². The average molecular weight is 404 g/mol. The predicted octanol–water partition coefficient (Wildman–Crippen LogP) is -0.298. The molecule has 0 saturated carbocycles. The Morgan fingerprint density at radius 1 is 0.750 bits per heavy atom. The molecular weight excluding hydrogens is 390 g/mol. The first-order valence-corrected chi connectivity index (χ1v) is 14.3. The summed E-state index contributed by atoms with van der Waals surface area (Å²) >= 11 is 0.661. The van der Waals surface area contributed by atoms with Gasteiger partial charge in [0.25, 0.3) is 0 Å². The van der Waals surface area contributed by atoms with Gasteiger partial charge in [-0.05, 0) is 0 Å². The van der Waals surface area contributed by atoms with Crippen molar-refractivity contribution in [2.24, 2.45) is 0 Å². The Morgan fingerprint density at radius 3 is 1.31 bits per heavy atom. The quantitative estimate of drug-likeness (QED) is 0.311. The summed E-state index contributed by atoms with van der Waals surface area (Å²) < 4.78 is 58.3. The van der Waals surface area contributed by atoms with Crippen molar-refractivity contribution in [2.45, 2.75) is 23.5 Å². The van der Waals surface area contributed by atoms with E-state index in [4.69, 9.17) is 9.11 Å². The van der Waals surface area contributed by atoms with E-state index in [0.717, 1.165) is 10.6 Å². The van der Waals surface area contributed by atoms with Crippen LogP contribution < -0.4 is 0 Å². The number of hydrogen-bond acceptors (Lipinski definition) is 4. The van der Waals surface area contributed by atoms with Gasteiger partial charge in [-0.1, -0.05) is 0 Å². The second-order valence-corrected chi connectivity index (χ2v) is 13.9. The van der Waals surface area contributed by atoms with E-state index in [-0.39, 0.29) is 11.5 Å². The van der Waals surface area contributed by atoms with Crippen LogP contribution in [-0.2, 0) is 20.2 Å². The zero-order valence-electron chi connectivity index (χ0n) is 8.40. The molecule has 0 aromatic heterocycles. The van der Waals surface area contributed by atoms with Crippen molar-refractivity contribution in [1.29, 1.82) is 0 Å². The molecule has 0 bridgehead atoms. The third-order valence-corrected chi connectivity index (χ3v) is 10.7. The molecule has 0 aliphatic heterocycles. The predicted molar refractivity (Wildman–Crippen MR) is 63.2 cm³/mol. The van der Waals surface area contributed by atoms with Crippen LogP contribution >= 0.6 is 0 Å². The Labute approximate surface area is 107 Å². The molecule has 2 N–H and O–H groups in total. The van der Waals surface area contributed by atoms with Crippen LogP contribution in [0, 0.1) is 0 Å². The van der Waals surface area contributed by atoms with Crippen molar-refractivity contribution in [3.63, 3.8) is 0 Å². The molecular formula is C6H14O6S2Se2. The molecule has 0 aliphatic carbocycles. The molecule has 0 radical (unpaired) electrons. The molecule has 0 aromatic carbocycles. The molecule has 0 amide bonds. The van der Waals surface area contributed by atoms with Crippen molar-refractivity contribution < 1.29 is 25.9 Å². The van der Waals surface area contributed by atoms with Gasteiger partial charge in [-0.2, -0.15) is 0 Å². The van der Waals surface area contributed by atoms with E-state index in [1.165, 1.54) is 0 Å². The van der Waals surface area contributed by atoms with Gasteiger partial charge in [0, 0.05) is 0 Å². The Kier molecular flexibility index (Phi) is 8.48. The van der Waals surface area contributed by atoms with Crippen LogP contribution in [0.1, 0.15) is 12.8 Å². The van der Waals surface area contributed by atoms with Gasteiger partial charge in [0.2, 0.25) is 0 Å². The number of hydrogen-bond donors (Lipinski definition) is 2. The van der Waals surface area contributed by atoms with E-state index in [1.54, 1.807) is 0 Å². The van der Waals surface area contributed by atoms with E-state index in [2.05, 4.69) is 0 Å². The normalized spacial score (nSPS) is 12.9. The van der Waals surface area contributed by atoms with Crippen molar-refractivity contribution in [2.75, 3.05) is 11.5 Å². The minimum atomic E-state index is -3.84. The topological polar surface area (TPSA) is 109 Å². The summed E-state index contributed by atoms with van der Waals surface area (Å²) in [6.45, 7) is 0. The van der Waals surface area contributed by atoms with E-state index in [0.29, 0.717) is 39.1 Å². The fourth-order valence-electron chi connectivity index (χ4n) is 0.718. The molecule has 16 heavy (non-hydrogen) atoms. The van der Waals surface area contributed by atoms with Crippen molar-refractivity contribution >= 4 is 46.5 Å². The maximum atomic E-state index is 10.3. The zero-order chi connectivity index (χ0) is 12.7. The van der Waals surface area contributed by atoms with E-state index in [1.807, 2.05) is 0 Å². The average Bonchev–Trinajstić information content (AvgIpc) is 2.06. The summed E-state index contributed by atoms with van der Waals surface area (Å²) in [5.41, 5.74) is 0. The second-order valence-electron chi connectivity index (χ2n) is 2.92. The van der Waals surface area contributed by atoms with Crippen LogP contribution in [0.25, 0.3) is 0 Å². The van der Waals surface area contributed by atoms with Crippen LogP contribution in [0.2, 0.25) is 10.6 Å². The molecule has 0 fully saturated rings. The van der Waals surface area contributed by atoms with Gasteiger partial charge in [0.15, 0.2) is 0 Å². The molecule has 6 nitrogen and oxygen atoms in total. The standard InChI is InChI=1S/C6H14O6S2Se2/c7-13(8,9)3-1-5-15-16-6-2-4-14(10,11)12/h1-6H2,(H,7,8,9)(H,10,11,12). The summed E-state index contributed by atoms with van der Waals surface area (Å²) in [7, 11) is -7.67. The van der Waals surface area contributed by atoms with Crippen LogP contribution in [0.5, 0.6) is 0 Å². The third-order valence-electron chi connectivity index (χ3n) is 1.34. The van der Waals surface area contributed by atoms with Gasteiger partial charge >= 0.3 is 107 Å². The van der Waals surface area contributed by atoms with Crippen LogP contribution in [-0.4, -0.2) is 63.7 Å². The summed E-state index contributed by atoms with van der Waals surface area (Å²) in [5, 5.41) is 1.55. The van der Waals surface area contributed by atoms with Gasteiger partial charge < -0.3 is 0 Å². The first kappa shape index (κ1) is 16.9. The first-order chi connectivity index (χ1) is 7.21. The van der Waals surface area contributed by atoms with Gasteiger partial charge in [-0.3, -0.25) is 0 Å². The fourth-order valence-corrected chi connectivity index (χ4v) is 9.30. The van der Waals surface area contributed by atoms with Crippen molar-refractivity contribution in [3.05, 3.63) is 0 Å². The summed E-state index contributed by atoms with van der Waals surface area (Å²) in [5.74, 6) is -0.397. The maximum absolute atomic E-state index is 10.3. The van der Waals surface area contributed by atoms with E-state index < -0.39 is 20.2 Å². The zero-order valence-corrected chi connectivity index (χ0v) is 13.5. The molecule has 10 heteroatoms. The Bertz CT molecular complexity index is 338. The molecule has 0 rings (SSSR count). The van der Waals surface area contributed by atoms with Crippen molar-refractivity contribution in [3.8, 4) is 0 Å². The molecule has 0 spiro atoms. The Morgan fingerprint density at radius 2 is 1.06 bits per heavy atom. The molecule has 0 unspecified atom stereocenters. The summed E-state index contributed by atoms with van der Waals surface area (Å²) in [4.78, 5) is 0. The minimum absolute atomic E-state index is 0.199. The van der Waals surface area contributed by atoms with E-state index >= 15 is 0 Å². The van der Waals surface area contributed by atoms with E-state index in [9.17, 15) is 16.8 Å². The fraction of sp³-hybridized carbons (Fsp3) is 1.00. The van der Waals surface area contributed by atoms with Gasteiger partial charge in [-0.15, -0.1) is 0 Å². The molecule has 0 aliphatic rings. The Balaban J connectivity index is 3.29. The Hall–Kier alpha value is 0.859.